The molecule has 2 aromatic heterocycles. The predicted octanol–water partition coefficient (Wildman–Crippen LogP) is 2.44. The molecule has 2 N–H and O–H groups in total. The Morgan fingerprint density at radius 2 is 2.17 bits per heavy atom. The number of aromatic nitrogens is 2. The summed E-state index contributed by atoms with van der Waals surface area (Å²) in [5.74, 6) is 0.936. The van der Waals surface area contributed by atoms with E-state index < -0.39 is 0 Å². The first kappa shape index (κ1) is 15.7. The van der Waals surface area contributed by atoms with Crippen molar-refractivity contribution >= 4 is 5.91 Å². The highest BCUT2D eigenvalue weighted by molar-refractivity contribution is 5.96. The molecule has 1 unspecified atom stereocenters. The number of nitrogens with zero attached hydrogens (tertiary/aromatic N) is 3. The van der Waals surface area contributed by atoms with Gasteiger partial charge in [0.05, 0.1) is 5.56 Å². The molecular weight excluding hydrogens is 288 g/mol. The number of amides is 1. The van der Waals surface area contributed by atoms with Gasteiger partial charge in [-0.1, -0.05) is 6.07 Å². The number of likely N-dealkylation sites (tertiary alicyclic amines) is 1. The van der Waals surface area contributed by atoms with Crippen LogP contribution in [0.5, 0.6) is 0 Å². The van der Waals surface area contributed by atoms with E-state index in [9.17, 15) is 4.79 Å². The number of hydrogen-bond donors (Lipinski definition) is 1. The Morgan fingerprint density at radius 3 is 2.87 bits per heavy atom. The first-order chi connectivity index (χ1) is 11.1. The Bertz CT molecular complexity index is 693. The molecule has 5 nitrogen and oxygen atoms in total. The second kappa shape index (κ2) is 6.54. The van der Waals surface area contributed by atoms with E-state index in [4.69, 9.17) is 5.73 Å². The second-order valence-electron chi connectivity index (χ2n) is 6.19. The summed E-state index contributed by atoms with van der Waals surface area (Å²) < 4.78 is 2.04. The molecule has 122 valence electrons. The second-order valence-corrected chi connectivity index (χ2v) is 6.19. The van der Waals surface area contributed by atoms with Crippen molar-refractivity contribution in [2.24, 2.45) is 5.73 Å². The van der Waals surface area contributed by atoms with Crippen LogP contribution in [0.25, 0.3) is 5.82 Å². The van der Waals surface area contributed by atoms with Crippen molar-refractivity contribution < 1.29 is 4.79 Å². The van der Waals surface area contributed by atoms with Crippen LogP contribution in [0.1, 0.15) is 41.0 Å². The fourth-order valence-electron chi connectivity index (χ4n) is 3.49. The van der Waals surface area contributed by atoms with Crippen molar-refractivity contribution in [2.75, 3.05) is 13.1 Å². The minimum Gasteiger partial charge on any atom is -0.334 e. The molecule has 0 radical (unpaired) electrons. The van der Waals surface area contributed by atoms with Crippen LogP contribution in [-0.4, -0.2) is 39.5 Å². The van der Waals surface area contributed by atoms with Crippen LogP contribution in [0.3, 0.4) is 0 Å². The van der Waals surface area contributed by atoms with E-state index in [0.717, 1.165) is 48.6 Å². The Hall–Kier alpha value is -2.14. The summed E-state index contributed by atoms with van der Waals surface area (Å²) in [7, 11) is 0. The molecule has 23 heavy (non-hydrogen) atoms. The topological polar surface area (TPSA) is 64.2 Å². The van der Waals surface area contributed by atoms with Crippen LogP contribution >= 0.6 is 0 Å². The van der Waals surface area contributed by atoms with E-state index in [0.29, 0.717) is 6.54 Å². The summed E-state index contributed by atoms with van der Waals surface area (Å²) in [5, 5.41) is 0. The number of nitrogens with two attached hydrogens (primary N) is 1. The van der Waals surface area contributed by atoms with Crippen molar-refractivity contribution in [3.8, 4) is 5.82 Å². The van der Waals surface area contributed by atoms with Crippen molar-refractivity contribution in [1.82, 2.24) is 14.5 Å². The van der Waals surface area contributed by atoms with E-state index in [1.54, 1.807) is 6.20 Å². The lowest BCUT2D eigenvalue weighted by Crippen LogP contribution is -2.47. The van der Waals surface area contributed by atoms with Crippen LogP contribution in [0.15, 0.2) is 30.5 Å². The number of hydrogen-bond acceptors (Lipinski definition) is 3. The van der Waals surface area contributed by atoms with Gasteiger partial charge in [-0.15, -0.1) is 0 Å². The van der Waals surface area contributed by atoms with Gasteiger partial charge < -0.3 is 15.2 Å². The molecule has 1 fully saturated rings. The zero-order valence-corrected chi connectivity index (χ0v) is 13.8. The van der Waals surface area contributed by atoms with Gasteiger partial charge in [0.25, 0.3) is 5.91 Å². The number of carbonyl (C=O) groups excluding carboxylic acids is 1. The number of carbonyl (C=O) groups is 1. The third-order valence-electron chi connectivity index (χ3n) is 4.70. The normalized spacial score (nSPS) is 18.2. The molecule has 0 saturated carbocycles. The standard InChI is InChI=1S/C18H24N4O/c1-13-11-16(14(2)22(13)17-8-3-5-9-20-17)18(23)21-10-6-4-7-15(21)12-19/h3,5,8-9,11,15H,4,6-7,10,12,19H2,1-2H3. The fourth-order valence-corrected chi connectivity index (χ4v) is 3.49. The Balaban J connectivity index is 1.96. The molecule has 0 aliphatic carbocycles. The van der Waals surface area contributed by atoms with Gasteiger partial charge in [0.2, 0.25) is 0 Å². The SMILES string of the molecule is Cc1cc(C(=O)N2CCCCC2CN)c(C)n1-c1ccccn1. The Kier molecular flexibility index (Phi) is 4.48. The number of piperidine rings is 1. The highest BCUT2D eigenvalue weighted by Crippen LogP contribution is 2.24. The summed E-state index contributed by atoms with van der Waals surface area (Å²) >= 11 is 0. The highest BCUT2D eigenvalue weighted by atomic mass is 16.2. The maximum Gasteiger partial charge on any atom is 0.255 e. The van der Waals surface area contributed by atoms with Crippen LogP contribution < -0.4 is 5.73 Å². The average molecular weight is 312 g/mol. The van der Waals surface area contributed by atoms with Gasteiger partial charge in [-0.05, 0) is 51.3 Å². The van der Waals surface area contributed by atoms with E-state index in [1.807, 2.05) is 47.6 Å². The molecule has 1 aliphatic rings. The predicted molar refractivity (Wildman–Crippen MR) is 90.8 cm³/mol. The Morgan fingerprint density at radius 1 is 1.35 bits per heavy atom. The smallest absolute Gasteiger partial charge is 0.255 e. The van der Waals surface area contributed by atoms with Crippen LogP contribution in [0.2, 0.25) is 0 Å². The monoisotopic (exact) mass is 312 g/mol. The molecule has 2 aromatic rings. The molecule has 0 bridgehead atoms. The third-order valence-corrected chi connectivity index (χ3v) is 4.70. The van der Waals surface area contributed by atoms with Crippen molar-refractivity contribution in [3.63, 3.8) is 0 Å². The largest absolute Gasteiger partial charge is 0.334 e. The first-order valence-electron chi connectivity index (χ1n) is 8.25. The van der Waals surface area contributed by atoms with Crippen molar-refractivity contribution in [2.45, 2.75) is 39.2 Å². The van der Waals surface area contributed by atoms with Gasteiger partial charge in [-0.2, -0.15) is 0 Å². The summed E-state index contributed by atoms with van der Waals surface area (Å²) in [4.78, 5) is 19.4. The molecule has 0 aromatic carbocycles. The maximum absolute atomic E-state index is 13.0. The minimum atomic E-state index is 0.0930. The van der Waals surface area contributed by atoms with Gasteiger partial charge in [-0.3, -0.25) is 4.79 Å². The molecule has 1 aliphatic heterocycles. The van der Waals surface area contributed by atoms with E-state index in [-0.39, 0.29) is 11.9 Å². The van der Waals surface area contributed by atoms with Crippen LogP contribution in [-0.2, 0) is 0 Å². The lowest BCUT2D eigenvalue weighted by atomic mass is 10.0. The van der Waals surface area contributed by atoms with Gasteiger partial charge >= 0.3 is 0 Å². The zero-order valence-electron chi connectivity index (χ0n) is 13.8. The highest BCUT2D eigenvalue weighted by Gasteiger charge is 2.29. The third kappa shape index (κ3) is 2.88. The van der Waals surface area contributed by atoms with E-state index in [1.165, 1.54) is 0 Å². The number of pyridine rings is 1. The van der Waals surface area contributed by atoms with Crippen molar-refractivity contribution in [3.05, 3.63) is 47.4 Å². The molecule has 1 amide bonds. The molecule has 1 atom stereocenters. The summed E-state index contributed by atoms with van der Waals surface area (Å²) in [6.07, 6.45) is 4.98. The molecule has 0 spiro atoms. The van der Waals surface area contributed by atoms with Gasteiger partial charge in [0.1, 0.15) is 5.82 Å². The molecule has 3 heterocycles. The maximum atomic E-state index is 13.0. The van der Waals surface area contributed by atoms with Crippen LogP contribution in [0.4, 0.5) is 0 Å². The Labute approximate surface area is 137 Å². The molecule has 1 saturated heterocycles. The number of aryl methyl sites for hydroxylation is 1. The van der Waals surface area contributed by atoms with E-state index >= 15 is 0 Å². The van der Waals surface area contributed by atoms with Gasteiger partial charge in [-0.25, -0.2) is 4.98 Å². The summed E-state index contributed by atoms with van der Waals surface area (Å²) in [5.41, 5.74) is 8.58. The fraction of sp³-hybridized carbons (Fsp3) is 0.444. The average Bonchev–Trinajstić information content (AvgIpc) is 2.89. The quantitative estimate of drug-likeness (QED) is 0.947. The lowest BCUT2D eigenvalue weighted by molar-refractivity contribution is 0.0622. The zero-order chi connectivity index (χ0) is 16.4. The molecular formula is C18H24N4O. The van der Waals surface area contributed by atoms with E-state index in [2.05, 4.69) is 4.98 Å². The molecule has 5 heteroatoms. The first-order valence-corrected chi connectivity index (χ1v) is 8.25. The van der Waals surface area contributed by atoms with Crippen LogP contribution in [0, 0.1) is 13.8 Å². The minimum absolute atomic E-state index is 0.0930. The van der Waals surface area contributed by atoms with Gasteiger partial charge in [0, 0.05) is 36.7 Å². The van der Waals surface area contributed by atoms with Crippen molar-refractivity contribution in [1.29, 1.82) is 0 Å². The molecule has 3 rings (SSSR count). The van der Waals surface area contributed by atoms with Gasteiger partial charge in [0.15, 0.2) is 0 Å². The summed E-state index contributed by atoms with van der Waals surface area (Å²) in [6, 6.07) is 7.93. The lowest BCUT2D eigenvalue weighted by Gasteiger charge is -2.35. The summed E-state index contributed by atoms with van der Waals surface area (Å²) in [6.45, 7) is 5.32. The number of rotatable bonds is 3.